The molecule has 1 aliphatic carbocycles. The molecule has 0 radical (unpaired) electrons. The summed E-state index contributed by atoms with van der Waals surface area (Å²) >= 11 is 0. The fraction of sp³-hybridized carbons (Fsp3) is 0.462. The fourth-order valence-electron chi connectivity index (χ4n) is 2.16. The minimum Gasteiger partial charge on any atom is -0.467 e. The third-order valence-corrected chi connectivity index (χ3v) is 3.43. The zero-order valence-corrected chi connectivity index (χ0v) is 10.1. The Morgan fingerprint density at radius 1 is 1.59 bits per heavy atom. The predicted octanol–water partition coefficient (Wildman–Crippen LogP) is 2.10. The Hall–Kier alpha value is -1.55. The zero-order chi connectivity index (χ0) is 11.8. The van der Waals surface area contributed by atoms with Crippen molar-refractivity contribution in [1.29, 1.82) is 0 Å². The van der Waals surface area contributed by atoms with Gasteiger partial charge in [-0.25, -0.2) is 4.98 Å². The first-order valence-electron chi connectivity index (χ1n) is 6.02. The van der Waals surface area contributed by atoms with Gasteiger partial charge in [0.1, 0.15) is 17.6 Å². The maximum atomic E-state index is 5.52. The monoisotopic (exact) mass is 231 g/mol. The van der Waals surface area contributed by atoms with Crippen LogP contribution in [0.5, 0.6) is 0 Å². The lowest BCUT2D eigenvalue weighted by molar-refractivity contribution is 0.424. The largest absolute Gasteiger partial charge is 0.467 e. The Morgan fingerprint density at radius 2 is 2.41 bits per heavy atom. The van der Waals surface area contributed by atoms with E-state index in [9.17, 15) is 0 Å². The van der Waals surface area contributed by atoms with E-state index in [0.717, 1.165) is 17.5 Å². The number of aromatic nitrogens is 2. The van der Waals surface area contributed by atoms with Crippen LogP contribution in [-0.2, 0) is 7.05 Å². The van der Waals surface area contributed by atoms with Gasteiger partial charge in [-0.3, -0.25) is 5.32 Å². The van der Waals surface area contributed by atoms with Crippen LogP contribution in [0.15, 0.2) is 35.2 Å². The first kappa shape index (κ1) is 10.6. The minimum absolute atomic E-state index is 0.0555. The molecule has 1 saturated carbocycles. The first-order valence-corrected chi connectivity index (χ1v) is 6.02. The number of furan rings is 1. The highest BCUT2D eigenvalue weighted by Crippen LogP contribution is 2.33. The topological polar surface area (TPSA) is 43.0 Å². The van der Waals surface area contributed by atoms with Crippen LogP contribution < -0.4 is 5.32 Å². The van der Waals surface area contributed by atoms with Crippen LogP contribution in [0.2, 0.25) is 0 Å². The van der Waals surface area contributed by atoms with Gasteiger partial charge >= 0.3 is 0 Å². The van der Waals surface area contributed by atoms with Crippen molar-refractivity contribution in [3.8, 4) is 0 Å². The first-order chi connectivity index (χ1) is 8.25. The van der Waals surface area contributed by atoms with Crippen molar-refractivity contribution in [2.45, 2.75) is 25.4 Å². The Balaban J connectivity index is 1.88. The van der Waals surface area contributed by atoms with E-state index in [-0.39, 0.29) is 6.04 Å². The molecule has 0 aromatic carbocycles. The second-order valence-corrected chi connectivity index (χ2v) is 4.83. The van der Waals surface area contributed by atoms with Gasteiger partial charge in [-0.1, -0.05) is 6.92 Å². The van der Waals surface area contributed by atoms with E-state index in [1.165, 1.54) is 6.42 Å². The molecule has 3 unspecified atom stereocenters. The summed E-state index contributed by atoms with van der Waals surface area (Å²) in [7, 11) is 2.01. The van der Waals surface area contributed by atoms with Gasteiger partial charge in [-0.2, -0.15) is 0 Å². The predicted molar refractivity (Wildman–Crippen MR) is 64.5 cm³/mol. The van der Waals surface area contributed by atoms with Gasteiger partial charge in [-0.05, 0) is 24.5 Å². The second-order valence-electron chi connectivity index (χ2n) is 4.83. The Labute approximate surface area is 101 Å². The Morgan fingerprint density at radius 3 is 2.94 bits per heavy atom. The van der Waals surface area contributed by atoms with E-state index >= 15 is 0 Å². The SMILES string of the molecule is CC1CC1NC(c1ccco1)c1nccn1C. The highest BCUT2D eigenvalue weighted by Gasteiger charge is 2.36. The third-order valence-electron chi connectivity index (χ3n) is 3.43. The number of hydrogen-bond donors (Lipinski definition) is 1. The number of imidazole rings is 1. The summed E-state index contributed by atoms with van der Waals surface area (Å²) in [6, 6.07) is 4.56. The van der Waals surface area contributed by atoms with E-state index in [1.807, 2.05) is 36.1 Å². The van der Waals surface area contributed by atoms with Gasteiger partial charge in [-0.15, -0.1) is 0 Å². The lowest BCUT2D eigenvalue weighted by atomic mass is 10.2. The standard InChI is InChI=1S/C13H17N3O/c1-9-8-10(9)15-12(11-4-3-7-17-11)13-14-5-6-16(13)2/h3-7,9-10,12,15H,8H2,1-2H3. The van der Waals surface area contributed by atoms with Crippen molar-refractivity contribution in [2.24, 2.45) is 13.0 Å². The number of nitrogens with zero attached hydrogens (tertiary/aromatic N) is 2. The number of rotatable bonds is 4. The summed E-state index contributed by atoms with van der Waals surface area (Å²) in [4.78, 5) is 4.42. The van der Waals surface area contributed by atoms with E-state index in [1.54, 1.807) is 6.26 Å². The summed E-state index contributed by atoms with van der Waals surface area (Å²) in [6.45, 7) is 2.26. The van der Waals surface area contributed by atoms with Crippen molar-refractivity contribution in [3.63, 3.8) is 0 Å². The highest BCUT2D eigenvalue weighted by molar-refractivity contribution is 5.17. The quantitative estimate of drug-likeness (QED) is 0.876. The Kier molecular flexibility index (Phi) is 2.52. The number of nitrogens with one attached hydrogen (secondary N) is 1. The molecule has 0 saturated heterocycles. The maximum absolute atomic E-state index is 5.52. The number of aryl methyl sites for hydroxylation is 1. The summed E-state index contributed by atoms with van der Waals surface area (Å²) < 4.78 is 7.56. The van der Waals surface area contributed by atoms with Gasteiger partial charge in [0.15, 0.2) is 0 Å². The van der Waals surface area contributed by atoms with Crippen LogP contribution in [-0.4, -0.2) is 15.6 Å². The molecule has 2 aromatic rings. The van der Waals surface area contributed by atoms with Crippen LogP contribution in [0.25, 0.3) is 0 Å². The number of hydrogen-bond acceptors (Lipinski definition) is 3. The molecule has 0 amide bonds. The molecule has 2 aromatic heterocycles. The van der Waals surface area contributed by atoms with Crippen LogP contribution in [0.4, 0.5) is 0 Å². The van der Waals surface area contributed by atoms with Crippen molar-refractivity contribution < 1.29 is 4.42 Å². The average molecular weight is 231 g/mol. The minimum atomic E-state index is 0.0555. The highest BCUT2D eigenvalue weighted by atomic mass is 16.3. The normalized spacial score (nSPS) is 24.8. The summed E-state index contributed by atoms with van der Waals surface area (Å²) in [5.41, 5.74) is 0. The molecule has 1 N–H and O–H groups in total. The maximum Gasteiger partial charge on any atom is 0.133 e. The van der Waals surface area contributed by atoms with E-state index in [2.05, 4.69) is 17.2 Å². The van der Waals surface area contributed by atoms with Gasteiger partial charge in [0.2, 0.25) is 0 Å². The van der Waals surface area contributed by atoms with Crippen molar-refractivity contribution in [3.05, 3.63) is 42.4 Å². The summed E-state index contributed by atoms with van der Waals surface area (Å²) in [5, 5.41) is 3.61. The van der Waals surface area contributed by atoms with Crippen LogP contribution in [0.3, 0.4) is 0 Å². The Bertz CT molecular complexity index is 488. The van der Waals surface area contributed by atoms with Crippen LogP contribution in [0, 0.1) is 5.92 Å². The van der Waals surface area contributed by atoms with Crippen LogP contribution in [0.1, 0.15) is 31.0 Å². The molecular weight excluding hydrogens is 214 g/mol. The molecule has 0 aliphatic heterocycles. The molecule has 0 spiro atoms. The molecular formula is C13H17N3O. The van der Waals surface area contributed by atoms with Crippen molar-refractivity contribution in [2.75, 3.05) is 0 Å². The lowest BCUT2D eigenvalue weighted by Crippen LogP contribution is -2.27. The summed E-state index contributed by atoms with van der Waals surface area (Å²) in [5.74, 6) is 2.69. The third kappa shape index (κ3) is 2.00. The average Bonchev–Trinajstić information content (AvgIpc) is 2.79. The summed E-state index contributed by atoms with van der Waals surface area (Å²) in [6.07, 6.45) is 6.73. The van der Waals surface area contributed by atoms with Crippen molar-refractivity contribution >= 4 is 0 Å². The molecule has 2 heterocycles. The van der Waals surface area contributed by atoms with Crippen molar-refractivity contribution in [1.82, 2.24) is 14.9 Å². The smallest absolute Gasteiger partial charge is 0.133 e. The second kappa shape index (κ2) is 4.04. The fourth-order valence-corrected chi connectivity index (χ4v) is 2.16. The lowest BCUT2D eigenvalue weighted by Gasteiger charge is -2.16. The molecule has 1 aliphatic rings. The molecule has 3 rings (SSSR count). The van der Waals surface area contributed by atoms with Gasteiger partial charge < -0.3 is 8.98 Å². The molecule has 17 heavy (non-hydrogen) atoms. The molecule has 4 nitrogen and oxygen atoms in total. The van der Waals surface area contributed by atoms with E-state index < -0.39 is 0 Å². The van der Waals surface area contributed by atoms with Gasteiger partial charge in [0.25, 0.3) is 0 Å². The molecule has 3 atom stereocenters. The molecule has 90 valence electrons. The van der Waals surface area contributed by atoms with Gasteiger partial charge in [0.05, 0.1) is 6.26 Å². The molecule has 4 heteroatoms. The van der Waals surface area contributed by atoms with Gasteiger partial charge in [0, 0.05) is 25.5 Å². The van der Waals surface area contributed by atoms with Crippen LogP contribution >= 0.6 is 0 Å². The van der Waals surface area contributed by atoms with E-state index in [0.29, 0.717) is 6.04 Å². The van der Waals surface area contributed by atoms with E-state index in [4.69, 9.17) is 4.42 Å². The zero-order valence-electron chi connectivity index (χ0n) is 10.1. The molecule has 0 bridgehead atoms. The molecule has 1 fully saturated rings.